The van der Waals surface area contributed by atoms with Crippen LogP contribution in [0.1, 0.15) is 24.5 Å². The van der Waals surface area contributed by atoms with Crippen molar-refractivity contribution >= 4 is 17.8 Å². The molecule has 1 atom stereocenters. The molecule has 0 bridgehead atoms. The first-order chi connectivity index (χ1) is 13.1. The molecule has 3 heterocycles. The van der Waals surface area contributed by atoms with Gasteiger partial charge in [0.15, 0.2) is 11.6 Å². The number of piperidine rings is 1. The number of amides is 2. The number of aliphatic carboxylic acids is 1. The van der Waals surface area contributed by atoms with Crippen LogP contribution >= 0.6 is 0 Å². The summed E-state index contributed by atoms with van der Waals surface area (Å²) in [5, 5.41) is 9.16. The van der Waals surface area contributed by atoms with Gasteiger partial charge >= 0.3 is 12.0 Å². The molecular formula is C20H21N3O4. The Morgan fingerprint density at radius 2 is 1.81 bits per heavy atom. The van der Waals surface area contributed by atoms with Crippen molar-refractivity contribution in [1.29, 1.82) is 0 Å². The fourth-order valence-electron chi connectivity index (χ4n) is 3.62. The number of hydrogen-bond donors (Lipinski definition) is 1. The summed E-state index contributed by atoms with van der Waals surface area (Å²) in [5.74, 6) is -0.0766. The zero-order chi connectivity index (χ0) is 18.8. The van der Waals surface area contributed by atoms with Crippen LogP contribution in [0.3, 0.4) is 0 Å². The van der Waals surface area contributed by atoms with Crippen LogP contribution in [0.25, 0.3) is 0 Å². The third kappa shape index (κ3) is 3.45. The number of fused-ring (bicyclic) bond motifs is 1. The molecule has 1 unspecified atom stereocenters. The summed E-state index contributed by atoms with van der Waals surface area (Å²) >= 11 is 0. The molecule has 7 nitrogen and oxygen atoms in total. The molecule has 27 heavy (non-hydrogen) atoms. The number of hydrogen-bond acceptors (Lipinski definition) is 4. The normalized spacial score (nSPS) is 19.9. The Morgan fingerprint density at radius 1 is 1.07 bits per heavy atom. The van der Waals surface area contributed by atoms with E-state index < -0.39 is 5.97 Å². The van der Waals surface area contributed by atoms with Gasteiger partial charge in [-0.2, -0.15) is 0 Å². The number of pyridine rings is 1. The minimum absolute atomic E-state index is 0.150. The SMILES string of the molecule is O=C(O)C1CCN(C(=O)N2CC(c3ccccc3)Oc3cccnc32)CC1. The molecule has 0 radical (unpaired) electrons. The lowest BCUT2D eigenvalue weighted by Crippen LogP contribution is -2.50. The first kappa shape index (κ1) is 17.3. The number of carbonyl (C=O) groups is 2. The molecule has 1 aromatic carbocycles. The standard InChI is InChI=1S/C20H21N3O4/c24-19(25)15-8-11-22(12-9-15)20(26)23-13-17(14-5-2-1-3-6-14)27-16-7-4-10-21-18(16)23/h1-7,10,15,17H,8-9,11-13H2,(H,24,25). The van der Waals surface area contributed by atoms with E-state index in [0.29, 0.717) is 44.0 Å². The van der Waals surface area contributed by atoms with Gasteiger partial charge in [-0.3, -0.25) is 9.69 Å². The molecule has 7 heteroatoms. The molecule has 2 aliphatic rings. The van der Waals surface area contributed by atoms with E-state index in [2.05, 4.69) is 4.98 Å². The monoisotopic (exact) mass is 367 g/mol. The van der Waals surface area contributed by atoms with Gasteiger partial charge in [0.25, 0.3) is 0 Å². The molecule has 2 aromatic rings. The van der Waals surface area contributed by atoms with Gasteiger partial charge in [0.1, 0.15) is 6.10 Å². The van der Waals surface area contributed by atoms with Gasteiger partial charge in [0.05, 0.1) is 12.5 Å². The van der Waals surface area contributed by atoms with Crippen molar-refractivity contribution in [3.63, 3.8) is 0 Å². The van der Waals surface area contributed by atoms with Gasteiger partial charge in [0.2, 0.25) is 0 Å². The van der Waals surface area contributed by atoms with E-state index in [1.165, 1.54) is 0 Å². The molecule has 4 rings (SSSR count). The number of likely N-dealkylation sites (tertiary alicyclic amines) is 1. The van der Waals surface area contributed by atoms with Crippen molar-refractivity contribution in [2.24, 2.45) is 5.92 Å². The average Bonchev–Trinajstić information content (AvgIpc) is 2.73. The van der Waals surface area contributed by atoms with Crippen LogP contribution < -0.4 is 9.64 Å². The second-order valence-corrected chi connectivity index (χ2v) is 6.84. The average molecular weight is 367 g/mol. The van der Waals surface area contributed by atoms with Crippen LogP contribution in [0.5, 0.6) is 5.75 Å². The Bertz CT molecular complexity index is 834. The molecule has 1 aromatic heterocycles. The quantitative estimate of drug-likeness (QED) is 0.882. The van der Waals surface area contributed by atoms with Crippen LogP contribution in [0.15, 0.2) is 48.7 Å². The molecule has 0 spiro atoms. The van der Waals surface area contributed by atoms with E-state index in [0.717, 1.165) is 5.56 Å². The van der Waals surface area contributed by atoms with E-state index in [4.69, 9.17) is 9.84 Å². The number of nitrogens with zero attached hydrogens (tertiary/aromatic N) is 3. The molecule has 140 valence electrons. The van der Waals surface area contributed by atoms with Crippen molar-refractivity contribution in [3.05, 3.63) is 54.2 Å². The lowest BCUT2D eigenvalue weighted by atomic mass is 9.97. The van der Waals surface area contributed by atoms with Gasteiger partial charge in [0, 0.05) is 19.3 Å². The summed E-state index contributed by atoms with van der Waals surface area (Å²) in [4.78, 5) is 32.0. The van der Waals surface area contributed by atoms with Crippen LogP contribution in [-0.2, 0) is 4.79 Å². The van der Waals surface area contributed by atoms with Crippen molar-refractivity contribution in [3.8, 4) is 5.75 Å². The highest BCUT2D eigenvalue weighted by Crippen LogP contribution is 2.37. The first-order valence-corrected chi connectivity index (χ1v) is 9.09. The summed E-state index contributed by atoms with van der Waals surface area (Å²) in [6.45, 7) is 1.24. The van der Waals surface area contributed by atoms with Crippen LogP contribution in [-0.4, -0.2) is 46.6 Å². The molecular weight excluding hydrogens is 346 g/mol. The van der Waals surface area contributed by atoms with Gasteiger partial charge in [-0.05, 0) is 30.5 Å². The Morgan fingerprint density at radius 3 is 2.52 bits per heavy atom. The number of benzene rings is 1. The molecule has 1 N–H and O–H groups in total. The minimum Gasteiger partial charge on any atom is -0.481 e. The second kappa shape index (κ2) is 7.26. The number of carboxylic acid groups (broad SMARTS) is 1. The largest absolute Gasteiger partial charge is 0.481 e. The fraction of sp³-hybridized carbons (Fsp3) is 0.350. The van der Waals surface area contributed by atoms with Gasteiger partial charge in [-0.1, -0.05) is 30.3 Å². The molecule has 2 amide bonds. The number of carbonyl (C=O) groups excluding carboxylic acids is 1. The Labute approximate surface area is 157 Å². The number of rotatable bonds is 2. The summed E-state index contributed by atoms with van der Waals surface area (Å²) in [6, 6.07) is 13.2. The first-order valence-electron chi connectivity index (χ1n) is 9.09. The summed E-state index contributed by atoms with van der Waals surface area (Å²) in [5.41, 5.74) is 0.995. The number of ether oxygens (including phenoxy) is 1. The maximum Gasteiger partial charge on any atom is 0.325 e. The number of aromatic nitrogens is 1. The fourth-order valence-corrected chi connectivity index (χ4v) is 3.62. The van der Waals surface area contributed by atoms with Gasteiger partial charge in [-0.15, -0.1) is 0 Å². The van der Waals surface area contributed by atoms with E-state index in [9.17, 15) is 9.59 Å². The van der Waals surface area contributed by atoms with E-state index >= 15 is 0 Å². The van der Waals surface area contributed by atoms with Crippen molar-refractivity contribution in [2.45, 2.75) is 18.9 Å². The van der Waals surface area contributed by atoms with Crippen LogP contribution in [0.4, 0.5) is 10.6 Å². The number of urea groups is 1. The molecule has 0 aliphatic carbocycles. The molecule has 1 fully saturated rings. The highest BCUT2D eigenvalue weighted by atomic mass is 16.5. The van der Waals surface area contributed by atoms with Crippen molar-refractivity contribution in [1.82, 2.24) is 9.88 Å². The lowest BCUT2D eigenvalue weighted by molar-refractivity contribution is -0.143. The Kier molecular flexibility index (Phi) is 4.66. The summed E-state index contributed by atoms with van der Waals surface area (Å²) in [7, 11) is 0. The van der Waals surface area contributed by atoms with Crippen molar-refractivity contribution < 1.29 is 19.4 Å². The van der Waals surface area contributed by atoms with Gasteiger partial charge < -0.3 is 14.7 Å². The van der Waals surface area contributed by atoms with Crippen LogP contribution in [0, 0.1) is 5.92 Å². The van der Waals surface area contributed by atoms with Crippen LogP contribution in [0.2, 0.25) is 0 Å². The second-order valence-electron chi connectivity index (χ2n) is 6.84. The number of carboxylic acids is 1. The summed E-state index contributed by atoms with van der Waals surface area (Å²) in [6.07, 6.45) is 2.32. The number of anilines is 1. The maximum atomic E-state index is 13.2. The van der Waals surface area contributed by atoms with E-state index in [1.807, 2.05) is 36.4 Å². The smallest absolute Gasteiger partial charge is 0.325 e. The predicted molar refractivity (Wildman–Crippen MR) is 98.7 cm³/mol. The molecule has 1 saturated heterocycles. The highest BCUT2D eigenvalue weighted by Gasteiger charge is 2.36. The third-order valence-electron chi connectivity index (χ3n) is 5.14. The third-order valence-corrected chi connectivity index (χ3v) is 5.14. The summed E-state index contributed by atoms with van der Waals surface area (Å²) < 4.78 is 6.08. The molecule has 0 saturated carbocycles. The molecule has 2 aliphatic heterocycles. The minimum atomic E-state index is -0.787. The van der Waals surface area contributed by atoms with E-state index in [1.54, 1.807) is 22.1 Å². The topological polar surface area (TPSA) is 83.0 Å². The Hall–Kier alpha value is -3.09. The van der Waals surface area contributed by atoms with Gasteiger partial charge in [-0.25, -0.2) is 9.78 Å². The van der Waals surface area contributed by atoms with Crippen molar-refractivity contribution in [2.75, 3.05) is 24.5 Å². The lowest BCUT2D eigenvalue weighted by Gasteiger charge is -2.38. The van der Waals surface area contributed by atoms with E-state index in [-0.39, 0.29) is 18.1 Å². The highest BCUT2D eigenvalue weighted by molar-refractivity contribution is 5.93. The Balaban J connectivity index is 1.57. The zero-order valence-corrected chi connectivity index (χ0v) is 14.8. The predicted octanol–water partition coefficient (Wildman–Crippen LogP) is 2.94. The zero-order valence-electron chi connectivity index (χ0n) is 14.8. The maximum absolute atomic E-state index is 13.2.